The van der Waals surface area contributed by atoms with Gasteiger partial charge in [-0.2, -0.15) is 9.97 Å². The number of nitrogens with zero attached hydrogens (tertiary/aromatic N) is 8. The number of aromatic hydroxyl groups is 4. The maximum Gasteiger partial charge on any atom is 0.255 e. The number of fused-ring (bicyclic) bond motifs is 17. The first-order valence-electron chi connectivity index (χ1n) is 40.8. The molecule has 36 heteroatoms. The fraction of sp³-hybridized carbons (Fsp3) is 0.400. The van der Waals surface area contributed by atoms with Crippen molar-refractivity contribution in [2.45, 2.75) is 96.4 Å². The number of amides is 10. The van der Waals surface area contributed by atoms with Gasteiger partial charge >= 0.3 is 0 Å². The summed E-state index contributed by atoms with van der Waals surface area (Å²) in [4.78, 5) is 179. The Morgan fingerprint density at radius 2 is 0.826 bits per heavy atom. The largest absolute Gasteiger partial charge is 0.506 e. The number of anilines is 1. The van der Waals surface area contributed by atoms with Crippen molar-refractivity contribution in [3.8, 4) is 28.9 Å². The van der Waals surface area contributed by atoms with Crippen LogP contribution >= 0.6 is 0 Å². The summed E-state index contributed by atoms with van der Waals surface area (Å²) in [5.41, 5.74) is 8.01. The summed E-state index contributed by atoms with van der Waals surface area (Å²) in [6, 6.07) is 27.1. The molecule has 0 saturated carbocycles. The number of Topliss-reactive ketones (excluding diaryl/α,β-unsaturated/α-hetero) is 1. The maximum absolute atomic E-state index is 14.7. The minimum Gasteiger partial charge on any atom is -0.506 e. The van der Waals surface area contributed by atoms with Crippen LogP contribution in [0.4, 0.5) is 5.95 Å². The average molecular weight is 1660 g/mol. The number of phenols is 4. The lowest BCUT2D eigenvalue weighted by Gasteiger charge is -2.31. The molecule has 12 bridgehead atoms. The normalized spacial score (nSPS) is 18.6. The molecule has 0 spiro atoms. The van der Waals surface area contributed by atoms with Crippen molar-refractivity contribution in [3.63, 3.8) is 0 Å². The van der Waals surface area contributed by atoms with Crippen LogP contribution in [0.5, 0.6) is 28.9 Å². The molecule has 3 atom stereocenters. The molecular weight excluding hydrogens is 1560 g/mol. The number of imidazole rings is 1. The number of phenolic OH excluding ortho intramolecular Hbond substituents is 4. The van der Waals surface area contributed by atoms with E-state index in [1.54, 1.807) is 12.1 Å². The Kier molecular flexibility index (Phi) is 32.6. The molecule has 17 N–H and O–H groups in total. The summed E-state index contributed by atoms with van der Waals surface area (Å²) in [6.07, 6.45) is 8.50. The Balaban J connectivity index is 0.732. The highest BCUT2D eigenvalue weighted by Gasteiger charge is 2.28. The number of H-pyrrole nitrogens is 1. The van der Waals surface area contributed by atoms with Crippen molar-refractivity contribution in [2.24, 2.45) is 0 Å². The summed E-state index contributed by atoms with van der Waals surface area (Å²) >= 11 is 0. The maximum atomic E-state index is 14.7. The second-order valence-corrected chi connectivity index (χ2v) is 29.7. The molecule has 10 amide bonds. The lowest BCUT2D eigenvalue weighted by Crippen LogP contribution is -2.49. The van der Waals surface area contributed by atoms with Crippen LogP contribution in [0.3, 0.4) is 0 Å². The molecule has 3 aromatic heterocycles. The minimum absolute atomic E-state index is 0.00304. The highest BCUT2D eigenvalue weighted by Crippen LogP contribution is 2.28. The van der Waals surface area contributed by atoms with Crippen LogP contribution in [0.2, 0.25) is 0 Å². The third kappa shape index (κ3) is 25.9. The number of para-hydroxylation sites is 4. The number of pyridine rings is 1. The number of carbonyl (C=O) groups is 11. The number of aromatic nitrogens is 5. The predicted molar refractivity (Wildman–Crippen MR) is 446 cm³/mol. The molecule has 0 radical (unpaired) electrons. The molecule has 121 heavy (non-hydrogen) atoms. The number of nitrogen functional groups attached to an aromatic ring is 1. The smallest absolute Gasteiger partial charge is 0.255 e. The highest BCUT2D eigenvalue weighted by molar-refractivity contribution is 6.07. The monoisotopic (exact) mass is 1660 g/mol. The second kappa shape index (κ2) is 44.6. The number of benzene rings is 5. The van der Waals surface area contributed by atoms with E-state index in [0.29, 0.717) is 73.8 Å². The van der Waals surface area contributed by atoms with Gasteiger partial charge < -0.3 is 89.0 Å². The molecule has 7 heterocycles. The zero-order valence-corrected chi connectivity index (χ0v) is 67.3. The van der Waals surface area contributed by atoms with Gasteiger partial charge in [-0.25, -0.2) is 4.98 Å². The molecule has 3 unspecified atom stereocenters. The van der Waals surface area contributed by atoms with Crippen LogP contribution in [0.15, 0.2) is 122 Å². The fourth-order valence-electron chi connectivity index (χ4n) is 14.3. The molecule has 4 aliphatic rings. The van der Waals surface area contributed by atoms with Gasteiger partial charge in [0, 0.05) is 162 Å². The molecule has 0 aliphatic carbocycles. The predicted octanol–water partition coefficient (Wildman–Crippen LogP) is 3.39. The van der Waals surface area contributed by atoms with Gasteiger partial charge in [0.2, 0.25) is 17.7 Å². The lowest BCUT2D eigenvalue weighted by atomic mass is 10.0. The third-order valence-electron chi connectivity index (χ3n) is 21.2. The van der Waals surface area contributed by atoms with E-state index < -0.39 is 76.3 Å². The fourth-order valence-corrected chi connectivity index (χ4v) is 14.3. The number of ether oxygens (including phenoxy) is 1. The van der Waals surface area contributed by atoms with E-state index in [4.69, 9.17) is 10.5 Å². The van der Waals surface area contributed by atoms with Crippen LogP contribution in [-0.2, 0) is 29.3 Å². The van der Waals surface area contributed by atoms with Crippen LogP contribution in [-0.4, -0.2) is 260 Å². The second-order valence-electron chi connectivity index (χ2n) is 29.7. The summed E-state index contributed by atoms with van der Waals surface area (Å²) < 4.78 is 5.86. The van der Waals surface area contributed by atoms with E-state index in [0.717, 1.165) is 24.0 Å². The van der Waals surface area contributed by atoms with E-state index in [2.05, 4.69) is 78.1 Å². The highest BCUT2D eigenvalue weighted by atomic mass is 16.5. The number of ketones is 1. The van der Waals surface area contributed by atoms with Crippen molar-refractivity contribution in [3.05, 3.63) is 189 Å². The van der Waals surface area contributed by atoms with Gasteiger partial charge in [0.1, 0.15) is 35.4 Å². The van der Waals surface area contributed by atoms with Crippen molar-refractivity contribution in [1.29, 1.82) is 0 Å². The quantitative estimate of drug-likeness (QED) is 0.0458. The van der Waals surface area contributed by atoms with E-state index in [1.165, 1.54) is 85.3 Å². The van der Waals surface area contributed by atoms with E-state index in [1.807, 2.05) is 43.9 Å². The van der Waals surface area contributed by atoms with Gasteiger partial charge in [0.05, 0.1) is 68.6 Å². The number of rotatable bonds is 21. The number of hydrogen-bond donors (Lipinski definition) is 16. The summed E-state index contributed by atoms with van der Waals surface area (Å²) in [5.74, 6) is -7.81. The Morgan fingerprint density at radius 1 is 0.430 bits per heavy atom. The van der Waals surface area contributed by atoms with Gasteiger partial charge in [-0.1, -0.05) is 74.2 Å². The zero-order chi connectivity index (χ0) is 85.6. The number of aromatic amines is 1. The first kappa shape index (κ1) is 88.6. The van der Waals surface area contributed by atoms with Gasteiger partial charge in [-0.05, 0) is 97.5 Å². The van der Waals surface area contributed by atoms with Crippen LogP contribution in [0.25, 0.3) is 11.2 Å². The summed E-state index contributed by atoms with van der Waals surface area (Å²) in [6.45, 7) is 2.33. The van der Waals surface area contributed by atoms with Crippen molar-refractivity contribution < 1.29 is 77.9 Å². The van der Waals surface area contributed by atoms with Crippen molar-refractivity contribution >= 4 is 82.0 Å². The molecule has 4 aliphatic heterocycles. The molecule has 0 fully saturated rings. The van der Waals surface area contributed by atoms with E-state index in [-0.39, 0.29) is 224 Å². The molecule has 36 nitrogen and oxygen atoms in total. The molecular formula is C85H104N20O16. The van der Waals surface area contributed by atoms with Gasteiger partial charge in [0.25, 0.3) is 53.2 Å². The van der Waals surface area contributed by atoms with Crippen LogP contribution in [0, 0.1) is 0 Å². The molecule has 640 valence electrons. The van der Waals surface area contributed by atoms with E-state index >= 15 is 0 Å². The van der Waals surface area contributed by atoms with Crippen molar-refractivity contribution in [1.82, 2.24) is 97.7 Å². The molecule has 0 saturated heterocycles. The number of hydrogen-bond acceptors (Lipinski definition) is 25. The van der Waals surface area contributed by atoms with E-state index in [9.17, 15) is 73.2 Å². The standard InChI is InChI=1S/C85H104N20O16/c86-85-100-74-69(97-53-98-74)84(101-85)121-52-55-26-24-54(25-27-55)48-96-75(112)56-28-29-57(94-49-56)50-95-68(107)23-7-2-1-5-13-59(106)14-6-3-4-12-58-51-105-43-36-93-81(118)65-20-10-19-64(72(65)110)78(115)89-32-39-103(40-33-92-82(119)66-21-11-22-67(73(66)111)83(120)99-58)45-44-102-37-30-87-76(113)60-15-8-17-62(70(60)108)79(116)90-34-41-104(46-47-105)42-35-91-80(117)63-18-9-16-61(71(63)109)77(114)88-31-38-102/h8-11,15-22,24-29,49,53,58,108-111H,1-7,12-14,23,30-48,50-52H2,(H,87,113)(H,88,114)(H,89,115)(H,90,116)(H,91,117)(H,92,119)(H,93,118)(H,95,107)(H,96,112)(H,99,120)(H3,86,97,98,100,101). The van der Waals surface area contributed by atoms with Crippen LogP contribution < -0.4 is 63.6 Å². The topological polar surface area (TPSA) is 505 Å². The molecule has 8 aromatic rings. The van der Waals surface area contributed by atoms with Gasteiger partial charge in [-0.3, -0.25) is 77.3 Å². The molecule has 5 aromatic carbocycles. The Labute approximate surface area is 698 Å². The van der Waals surface area contributed by atoms with Crippen molar-refractivity contribution in [2.75, 3.05) is 130 Å². The van der Waals surface area contributed by atoms with Crippen LogP contribution in [0.1, 0.15) is 181 Å². The minimum atomic E-state index is -0.706. The number of nitrogens with one attached hydrogen (secondary N) is 11. The number of carbonyl (C=O) groups excluding carboxylic acids is 11. The Morgan fingerprint density at radius 3 is 1.26 bits per heavy atom. The Bertz CT molecular complexity index is 4900. The molecule has 12 rings (SSSR count). The first-order chi connectivity index (χ1) is 58.6. The average Bonchev–Trinajstić information content (AvgIpc) is 1.71. The number of unbranched alkanes of at least 4 members (excludes halogenated alkanes) is 5. The summed E-state index contributed by atoms with van der Waals surface area (Å²) in [7, 11) is 0. The third-order valence-corrected chi connectivity index (χ3v) is 21.2. The first-order valence-corrected chi connectivity index (χ1v) is 40.8. The summed E-state index contributed by atoms with van der Waals surface area (Å²) in [5, 5.41) is 75.2. The lowest BCUT2D eigenvalue weighted by molar-refractivity contribution is -0.121. The van der Waals surface area contributed by atoms with Gasteiger partial charge in [-0.15, -0.1) is 0 Å². The SMILES string of the molecule is Nc1nc(OCc2ccc(CNC(=O)c3ccc(CNC(=O)CCCCCCC(=O)CCCCCC4CN5CCNC(=O)c6cccc(c6O)C(=O)NCCN(CCNC(=O)c6cccc(c6O)C(=O)N4)CCN4CCNC(=O)c6cccc(c6O)C(=O)NCCN(CCNC(=O)c6cccc(c6O)C(=O)NCC4)CC5)nc3)cc2)c2nc[nH]c2n1. The zero-order valence-electron chi connectivity index (χ0n) is 67.3. The Hall–Kier alpha value is -13.2. The van der Waals surface area contributed by atoms with Gasteiger partial charge in [0.15, 0.2) is 11.2 Å². The number of nitrogens with two attached hydrogens (primary N) is 1.